The molecule has 1 heterocycles. The second-order valence-electron chi connectivity index (χ2n) is 2.19. The number of aliphatic hydroxyl groups excluding tert-OH is 1. The van der Waals surface area contributed by atoms with Crippen LogP contribution in [0.1, 0.15) is 13.3 Å². The van der Waals surface area contributed by atoms with Crippen molar-refractivity contribution in [2.24, 2.45) is 0 Å². The molecule has 0 aromatic carbocycles. The SMILES string of the molecule is CCC(O)C=Cn1cncn1. The number of hydrogen-bond acceptors (Lipinski definition) is 3. The zero-order chi connectivity index (χ0) is 8.10. The Morgan fingerprint density at radius 1 is 1.73 bits per heavy atom. The molecule has 60 valence electrons. The van der Waals surface area contributed by atoms with E-state index < -0.39 is 0 Å². The Morgan fingerprint density at radius 2 is 2.55 bits per heavy atom. The zero-order valence-corrected chi connectivity index (χ0v) is 6.38. The molecule has 0 aliphatic rings. The average molecular weight is 153 g/mol. The summed E-state index contributed by atoms with van der Waals surface area (Å²) in [6, 6.07) is 0. The maximum atomic E-state index is 9.11. The van der Waals surface area contributed by atoms with Gasteiger partial charge in [0.2, 0.25) is 0 Å². The van der Waals surface area contributed by atoms with Crippen molar-refractivity contribution in [2.45, 2.75) is 19.4 Å². The van der Waals surface area contributed by atoms with E-state index in [2.05, 4.69) is 10.1 Å². The smallest absolute Gasteiger partial charge is 0.138 e. The van der Waals surface area contributed by atoms with Gasteiger partial charge in [-0.2, -0.15) is 5.10 Å². The highest BCUT2D eigenvalue weighted by atomic mass is 16.3. The van der Waals surface area contributed by atoms with Gasteiger partial charge < -0.3 is 5.11 Å². The number of nitrogens with zero attached hydrogens (tertiary/aromatic N) is 3. The molecule has 0 spiro atoms. The summed E-state index contributed by atoms with van der Waals surface area (Å²) in [6.45, 7) is 1.91. The third-order valence-electron chi connectivity index (χ3n) is 1.32. The van der Waals surface area contributed by atoms with Gasteiger partial charge in [-0.25, -0.2) is 9.67 Å². The summed E-state index contributed by atoms with van der Waals surface area (Å²) < 4.78 is 1.54. The molecule has 11 heavy (non-hydrogen) atoms. The van der Waals surface area contributed by atoms with Crippen LogP contribution >= 0.6 is 0 Å². The van der Waals surface area contributed by atoms with Crippen LogP contribution < -0.4 is 0 Å². The van der Waals surface area contributed by atoms with Crippen LogP contribution in [0.25, 0.3) is 6.20 Å². The van der Waals surface area contributed by atoms with E-state index in [-0.39, 0.29) is 6.10 Å². The van der Waals surface area contributed by atoms with Crippen LogP contribution in [0.15, 0.2) is 18.7 Å². The molecule has 0 aliphatic heterocycles. The van der Waals surface area contributed by atoms with Crippen molar-refractivity contribution in [2.75, 3.05) is 0 Å². The summed E-state index contributed by atoms with van der Waals surface area (Å²) in [6.07, 6.45) is 6.70. The zero-order valence-electron chi connectivity index (χ0n) is 6.38. The predicted molar refractivity (Wildman–Crippen MR) is 41.6 cm³/mol. The van der Waals surface area contributed by atoms with Crippen molar-refractivity contribution in [1.29, 1.82) is 0 Å². The summed E-state index contributed by atoms with van der Waals surface area (Å²) in [7, 11) is 0. The van der Waals surface area contributed by atoms with E-state index in [1.165, 1.54) is 6.33 Å². The lowest BCUT2D eigenvalue weighted by atomic mass is 10.3. The summed E-state index contributed by atoms with van der Waals surface area (Å²) in [5.41, 5.74) is 0. The molecule has 1 rings (SSSR count). The summed E-state index contributed by atoms with van der Waals surface area (Å²) >= 11 is 0. The fourth-order valence-corrected chi connectivity index (χ4v) is 0.618. The molecule has 0 saturated heterocycles. The Balaban J connectivity index is 2.48. The first-order chi connectivity index (χ1) is 5.33. The fourth-order valence-electron chi connectivity index (χ4n) is 0.618. The average Bonchev–Trinajstić information content (AvgIpc) is 2.52. The van der Waals surface area contributed by atoms with Crippen LogP contribution in [0.4, 0.5) is 0 Å². The van der Waals surface area contributed by atoms with Crippen molar-refractivity contribution in [1.82, 2.24) is 14.8 Å². The maximum Gasteiger partial charge on any atom is 0.138 e. The quantitative estimate of drug-likeness (QED) is 0.688. The number of aromatic nitrogens is 3. The highest BCUT2D eigenvalue weighted by Crippen LogP contribution is 1.92. The van der Waals surface area contributed by atoms with E-state index in [1.54, 1.807) is 23.3 Å². The molecule has 0 aliphatic carbocycles. The Kier molecular flexibility index (Phi) is 2.80. The summed E-state index contributed by atoms with van der Waals surface area (Å²) in [5, 5.41) is 12.9. The third kappa shape index (κ3) is 2.51. The molecular weight excluding hydrogens is 142 g/mol. The molecule has 0 fully saturated rings. The molecule has 4 heteroatoms. The van der Waals surface area contributed by atoms with E-state index in [4.69, 9.17) is 5.11 Å². The molecule has 0 bridgehead atoms. The maximum absolute atomic E-state index is 9.11. The van der Waals surface area contributed by atoms with Gasteiger partial charge in [-0.1, -0.05) is 6.92 Å². The van der Waals surface area contributed by atoms with Crippen LogP contribution in [0.2, 0.25) is 0 Å². The third-order valence-corrected chi connectivity index (χ3v) is 1.32. The van der Waals surface area contributed by atoms with Crippen LogP contribution in [0, 0.1) is 0 Å². The second kappa shape index (κ2) is 3.88. The Labute approximate surface area is 65.2 Å². The lowest BCUT2D eigenvalue weighted by molar-refractivity contribution is 0.219. The second-order valence-corrected chi connectivity index (χ2v) is 2.19. The minimum Gasteiger partial charge on any atom is -0.389 e. The number of hydrogen-bond donors (Lipinski definition) is 1. The normalized spacial score (nSPS) is 14.0. The van der Waals surface area contributed by atoms with E-state index >= 15 is 0 Å². The Bertz CT molecular complexity index is 218. The summed E-state index contributed by atoms with van der Waals surface area (Å²) in [4.78, 5) is 3.74. The first kappa shape index (κ1) is 7.94. The van der Waals surface area contributed by atoms with Crippen molar-refractivity contribution >= 4 is 6.20 Å². The standard InChI is InChI=1S/C7H11N3O/c1-2-7(11)3-4-10-6-8-5-9-10/h3-7,11H,2H2,1H3. The van der Waals surface area contributed by atoms with Crippen LogP contribution in [-0.2, 0) is 0 Å². The van der Waals surface area contributed by atoms with Crippen LogP contribution in [-0.4, -0.2) is 26.0 Å². The van der Waals surface area contributed by atoms with Gasteiger partial charge >= 0.3 is 0 Å². The molecule has 0 radical (unpaired) electrons. The molecular formula is C7H11N3O. The van der Waals surface area contributed by atoms with Gasteiger partial charge in [0.1, 0.15) is 12.7 Å². The highest BCUT2D eigenvalue weighted by molar-refractivity contribution is 5.19. The van der Waals surface area contributed by atoms with Gasteiger partial charge in [0.05, 0.1) is 6.10 Å². The van der Waals surface area contributed by atoms with Gasteiger partial charge in [0, 0.05) is 6.20 Å². The van der Waals surface area contributed by atoms with Gasteiger partial charge in [-0.3, -0.25) is 0 Å². The Morgan fingerprint density at radius 3 is 3.09 bits per heavy atom. The molecule has 0 amide bonds. The minimum atomic E-state index is -0.390. The fraction of sp³-hybridized carbons (Fsp3) is 0.429. The van der Waals surface area contributed by atoms with Gasteiger partial charge in [-0.05, 0) is 12.5 Å². The topological polar surface area (TPSA) is 50.9 Å². The van der Waals surface area contributed by atoms with Crippen molar-refractivity contribution in [3.05, 3.63) is 18.7 Å². The molecule has 1 atom stereocenters. The van der Waals surface area contributed by atoms with E-state index in [1.807, 2.05) is 6.92 Å². The van der Waals surface area contributed by atoms with Gasteiger partial charge in [0.15, 0.2) is 0 Å². The summed E-state index contributed by atoms with van der Waals surface area (Å²) in [5.74, 6) is 0. The predicted octanol–water partition coefficient (Wildman–Crippen LogP) is 0.520. The minimum absolute atomic E-state index is 0.390. The van der Waals surface area contributed by atoms with Crippen molar-refractivity contribution < 1.29 is 5.11 Å². The van der Waals surface area contributed by atoms with Crippen molar-refractivity contribution in [3.63, 3.8) is 0 Å². The first-order valence-electron chi connectivity index (χ1n) is 3.53. The molecule has 1 aromatic heterocycles. The lowest BCUT2D eigenvalue weighted by Gasteiger charge is -1.97. The van der Waals surface area contributed by atoms with E-state index in [0.717, 1.165) is 0 Å². The highest BCUT2D eigenvalue weighted by Gasteiger charge is 1.91. The Hall–Kier alpha value is -1.16. The van der Waals surface area contributed by atoms with Gasteiger partial charge in [0.25, 0.3) is 0 Å². The van der Waals surface area contributed by atoms with Gasteiger partial charge in [-0.15, -0.1) is 0 Å². The molecule has 0 saturated carbocycles. The van der Waals surface area contributed by atoms with Crippen LogP contribution in [0.5, 0.6) is 0 Å². The number of aliphatic hydroxyl groups is 1. The monoisotopic (exact) mass is 153 g/mol. The largest absolute Gasteiger partial charge is 0.389 e. The van der Waals surface area contributed by atoms with E-state index in [0.29, 0.717) is 6.42 Å². The lowest BCUT2D eigenvalue weighted by Crippen LogP contribution is -1.99. The van der Waals surface area contributed by atoms with Crippen LogP contribution in [0.3, 0.4) is 0 Å². The molecule has 1 unspecified atom stereocenters. The first-order valence-corrected chi connectivity index (χ1v) is 3.53. The molecule has 1 aromatic rings. The number of rotatable bonds is 3. The van der Waals surface area contributed by atoms with E-state index in [9.17, 15) is 0 Å². The molecule has 4 nitrogen and oxygen atoms in total. The molecule has 1 N–H and O–H groups in total. The van der Waals surface area contributed by atoms with Crippen molar-refractivity contribution in [3.8, 4) is 0 Å².